The number of nitrogens with one attached hydrogen (secondary N) is 1. The number of benzene rings is 2. The first kappa shape index (κ1) is 18.9. The van der Waals surface area contributed by atoms with E-state index < -0.39 is 0 Å². The second-order valence-corrected chi connectivity index (χ2v) is 6.60. The van der Waals surface area contributed by atoms with Gasteiger partial charge in [-0.2, -0.15) is 0 Å². The second-order valence-electron chi connectivity index (χ2n) is 6.60. The number of para-hydroxylation sites is 1. The first-order chi connectivity index (χ1) is 13.0. The molecule has 2 aromatic carbocycles. The molecule has 6 nitrogen and oxygen atoms in total. The van der Waals surface area contributed by atoms with Gasteiger partial charge >= 0.3 is 0 Å². The first-order valence-corrected chi connectivity index (χ1v) is 9.01. The topological polar surface area (TPSA) is 67.9 Å². The van der Waals surface area contributed by atoms with E-state index in [1.54, 1.807) is 24.3 Å². The van der Waals surface area contributed by atoms with E-state index in [1.807, 2.05) is 43.0 Å². The maximum atomic E-state index is 12.6. The highest BCUT2D eigenvalue weighted by Gasteiger charge is 2.24. The molecular formula is C21H24N2O4. The zero-order valence-electron chi connectivity index (χ0n) is 15.6. The van der Waals surface area contributed by atoms with Crippen molar-refractivity contribution in [1.29, 1.82) is 0 Å². The number of morpholine rings is 1. The lowest BCUT2D eigenvalue weighted by Crippen LogP contribution is -2.47. The average molecular weight is 368 g/mol. The Morgan fingerprint density at radius 2 is 1.93 bits per heavy atom. The molecule has 0 radical (unpaired) electrons. The van der Waals surface area contributed by atoms with E-state index in [0.717, 1.165) is 5.56 Å². The van der Waals surface area contributed by atoms with Gasteiger partial charge in [-0.15, -0.1) is 0 Å². The molecular weight excluding hydrogens is 344 g/mol. The zero-order valence-corrected chi connectivity index (χ0v) is 15.6. The SMILES string of the molecule is Cc1ccccc1OCC(=O)Nc1ccc(C(=O)N2CCOCC2C)cc1. The maximum absolute atomic E-state index is 12.6. The van der Waals surface area contributed by atoms with Gasteiger partial charge in [0.05, 0.1) is 19.3 Å². The number of aryl methyl sites for hydroxylation is 1. The summed E-state index contributed by atoms with van der Waals surface area (Å²) in [7, 11) is 0. The minimum Gasteiger partial charge on any atom is -0.483 e. The van der Waals surface area contributed by atoms with Crippen molar-refractivity contribution in [2.75, 3.05) is 31.7 Å². The lowest BCUT2D eigenvalue weighted by molar-refractivity contribution is -0.118. The molecule has 2 amide bonds. The van der Waals surface area contributed by atoms with Gasteiger partial charge in [0.25, 0.3) is 11.8 Å². The van der Waals surface area contributed by atoms with Crippen LogP contribution in [0.15, 0.2) is 48.5 Å². The molecule has 1 heterocycles. The number of ether oxygens (including phenoxy) is 2. The molecule has 1 aliphatic heterocycles. The smallest absolute Gasteiger partial charge is 0.262 e. The molecule has 0 saturated carbocycles. The molecule has 6 heteroatoms. The van der Waals surface area contributed by atoms with Crippen molar-refractivity contribution in [1.82, 2.24) is 4.90 Å². The number of anilines is 1. The lowest BCUT2D eigenvalue weighted by atomic mass is 10.1. The van der Waals surface area contributed by atoms with Crippen molar-refractivity contribution in [3.05, 3.63) is 59.7 Å². The molecule has 1 aliphatic rings. The van der Waals surface area contributed by atoms with Gasteiger partial charge < -0.3 is 19.7 Å². The van der Waals surface area contributed by atoms with Crippen LogP contribution in [0, 0.1) is 6.92 Å². The van der Waals surface area contributed by atoms with Crippen LogP contribution < -0.4 is 10.1 Å². The summed E-state index contributed by atoms with van der Waals surface area (Å²) in [5.74, 6) is 0.416. The first-order valence-electron chi connectivity index (χ1n) is 9.01. The maximum Gasteiger partial charge on any atom is 0.262 e. The molecule has 1 fully saturated rings. The third-order valence-corrected chi connectivity index (χ3v) is 4.50. The van der Waals surface area contributed by atoms with Crippen molar-refractivity contribution in [3.63, 3.8) is 0 Å². The van der Waals surface area contributed by atoms with Crippen molar-refractivity contribution < 1.29 is 19.1 Å². The van der Waals surface area contributed by atoms with Gasteiger partial charge in [0, 0.05) is 17.8 Å². The Balaban J connectivity index is 1.55. The number of amides is 2. The third-order valence-electron chi connectivity index (χ3n) is 4.50. The summed E-state index contributed by atoms with van der Waals surface area (Å²) in [6.45, 7) is 5.54. The summed E-state index contributed by atoms with van der Waals surface area (Å²) >= 11 is 0. The van der Waals surface area contributed by atoms with Gasteiger partial charge in [-0.05, 0) is 49.7 Å². The average Bonchev–Trinajstić information content (AvgIpc) is 2.68. The second kappa shape index (κ2) is 8.68. The van der Waals surface area contributed by atoms with E-state index in [2.05, 4.69) is 5.32 Å². The van der Waals surface area contributed by atoms with Crippen LogP contribution in [0.3, 0.4) is 0 Å². The lowest BCUT2D eigenvalue weighted by Gasteiger charge is -2.33. The molecule has 1 atom stereocenters. The van der Waals surface area contributed by atoms with E-state index in [1.165, 1.54) is 0 Å². The molecule has 142 valence electrons. The molecule has 2 aromatic rings. The van der Waals surface area contributed by atoms with Gasteiger partial charge in [0.2, 0.25) is 0 Å². The molecule has 1 N–H and O–H groups in total. The van der Waals surface area contributed by atoms with Crippen LogP contribution in [-0.4, -0.2) is 49.1 Å². The number of hydrogen-bond acceptors (Lipinski definition) is 4. The summed E-state index contributed by atoms with van der Waals surface area (Å²) in [6.07, 6.45) is 0. The highest BCUT2D eigenvalue weighted by molar-refractivity contribution is 5.96. The Hall–Kier alpha value is -2.86. The molecule has 0 aliphatic carbocycles. The Morgan fingerprint density at radius 3 is 2.63 bits per heavy atom. The predicted octanol–water partition coefficient (Wildman–Crippen LogP) is 2.87. The summed E-state index contributed by atoms with van der Waals surface area (Å²) in [4.78, 5) is 26.5. The summed E-state index contributed by atoms with van der Waals surface area (Å²) < 4.78 is 10.9. The van der Waals surface area contributed by atoms with Gasteiger partial charge in [-0.1, -0.05) is 18.2 Å². The Labute approximate surface area is 159 Å². The molecule has 3 rings (SSSR count). The fraction of sp³-hybridized carbons (Fsp3) is 0.333. The molecule has 27 heavy (non-hydrogen) atoms. The number of nitrogens with zero attached hydrogens (tertiary/aromatic N) is 1. The van der Waals surface area contributed by atoms with Crippen LogP contribution in [0.2, 0.25) is 0 Å². The van der Waals surface area contributed by atoms with Gasteiger partial charge in [0.1, 0.15) is 5.75 Å². The van der Waals surface area contributed by atoms with Crippen LogP contribution in [-0.2, 0) is 9.53 Å². The third kappa shape index (κ3) is 4.86. The number of carbonyl (C=O) groups is 2. The quantitative estimate of drug-likeness (QED) is 0.881. The highest BCUT2D eigenvalue weighted by Crippen LogP contribution is 2.17. The number of carbonyl (C=O) groups excluding carboxylic acids is 2. The summed E-state index contributed by atoms with van der Waals surface area (Å²) in [5, 5.41) is 2.78. The molecule has 1 saturated heterocycles. The van der Waals surface area contributed by atoms with E-state index in [4.69, 9.17) is 9.47 Å². The fourth-order valence-electron chi connectivity index (χ4n) is 2.95. The van der Waals surface area contributed by atoms with Crippen LogP contribution in [0.5, 0.6) is 5.75 Å². The summed E-state index contributed by atoms with van der Waals surface area (Å²) in [5.41, 5.74) is 2.20. The molecule has 1 unspecified atom stereocenters. The van der Waals surface area contributed by atoms with Crippen LogP contribution in [0.1, 0.15) is 22.8 Å². The molecule has 0 aromatic heterocycles. The van der Waals surface area contributed by atoms with Crippen LogP contribution >= 0.6 is 0 Å². The van der Waals surface area contributed by atoms with Crippen molar-refractivity contribution in [2.24, 2.45) is 0 Å². The number of rotatable bonds is 5. The minimum atomic E-state index is -0.251. The Bertz CT molecular complexity index is 804. The van der Waals surface area contributed by atoms with Crippen molar-refractivity contribution in [3.8, 4) is 5.75 Å². The van der Waals surface area contributed by atoms with Crippen molar-refractivity contribution >= 4 is 17.5 Å². The normalized spacial score (nSPS) is 16.7. The van der Waals surface area contributed by atoms with Gasteiger partial charge in [-0.25, -0.2) is 0 Å². The fourth-order valence-corrected chi connectivity index (χ4v) is 2.95. The van der Waals surface area contributed by atoms with E-state index >= 15 is 0 Å². The predicted molar refractivity (Wildman–Crippen MR) is 103 cm³/mol. The molecule has 0 bridgehead atoms. The molecule has 0 spiro atoms. The number of hydrogen-bond donors (Lipinski definition) is 1. The standard InChI is InChI=1S/C21H24N2O4/c1-15-5-3-4-6-19(15)27-14-20(24)22-18-9-7-17(8-10-18)21(25)23-11-12-26-13-16(23)2/h3-10,16H,11-14H2,1-2H3,(H,22,24). The Kier molecular flexibility index (Phi) is 6.08. The summed E-state index contributed by atoms with van der Waals surface area (Å²) in [6, 6.07) is 14.5. The largest absolute Gasteiger partial charge is 0.483 e. The van der Waals surface area contributed by atoms with Crippen molar-refractivity contribution in [2.45, 2.75) is 19.9 Å². The minimum absolute atomic E-state index is 0.0217. The zero-order chi connectivity index (χ0) is 19.2. The van der Waals surface area contributed by atoms with E-state index in [-0.39, 0.29) is 24.5 Å². The van der Waals surface area contributed by atoms with Crippen LogP contribution in [0.25, 0.3) is 0 Å². The van der Waals surface area contributed by atoms with Gasteiger partial charge in [-0.3, -0.25) is 9.59 Å². The highest BCUT2D eigenvalue weighted by atomic mass is 16.5. The van der Waals surface area contributed by atoms with Crippen LogP contribution in [0.4, 0.5) is 5.69 Å². The monoisotopic (exact) mass is 368 g/mol. The van der Waals surface area contributed by atoms with Gasteiger partial charge in [0.15, 0.2) is 6.61 Å². The van der Waals surface area contributed by atoms with E-state index in [9.17, 15) is 9.59 Å². The Morgan fingerprint density at radius 1 is 1.19 bits per heavy atom. The van der Waals surface area contributed by atoms with E-state index in [0.29, 0.717) is 36.8 Å².